The quantitative estimate of drug-likeness (QED) is 0.805. The fraction of sp³-hybridized carbons (Fsp3) is 0.500. The zero-order chi connectivity index (χ0) is 15.9. The van der Waals surface area contributed by atoms with Gasteiger partial charge in [-0.3, -0.25) is 9.88 Å². The zero-order valence-electron chi connectivity index (χ0n) is 14.1. The lowest BCUT2D eigenvalue weighted by Gasteiger charge is -2.27. The number of rotatable bonds is 8. The molecular formula is C18H27N3O. The van der Waals surface area contributed by atoms with Crippen LogP contribution in [0.25, 0.3) is 10.9 Å². The topological polar surface area (TPSA) is 37.4 Å². The van der Waals surface area contributed by atoms with Crippen LogP contribution < -0.4 is 10.1 Å². The summed E-state index contributed by atoms with van der Waals surface area (Å²) in [6, 6.07) is 8.67. The second-order valence-corrected chi connectivity index (χ2v) is 5.56. The number of nitrogens with zero attached hydrogens (tertiary/aromatic N) is 2. The molecule has 1 atom stereocenters. The number of nitrogens with one attached hydrogen (secondary N) is 1. The molecule has 0 aliphatic heterocycles. The van der Waals surface area contributed by atoms with Crippen LogP contribution in [0.1, 0.15) is 27.2 Å². The predicted molar refractivity (Wildman–Crippen MR) is 93.8 cm³/mol. The number of pyridine rings is 1. The number of methoxy groups -OCH3 is 1. The molecule has 2 aromatic rings. The van der Waals surface area contributed by atoms with Crippen LogP contribution in [0, 0.1) is 0 Å². The molecule has 1 aromatic heterocycles. The number of fused-ring (bicyclic) bond motifs is 1. The first-order valence-electron chi connectivity index (χ1n) is 8.10. The standard InChI is InChI=1S/C18H27N3O/c1-5-14(3)21(6-2)11-10-19-17-13-16(22-4)12-15-8-7-9-20-18(15)17/h7-9,12-14,19H,5-6,10-11H2,1-4H3. The minimum absolute atomic E-state index is 0.618. The van der Waals surface area contributed by atoms with Crippen LogP contribution in [-0.4, -0.2) is 42.7 Å². The molecule has 0 aliphatic carbocycles. The lowest BCUT2D eigenvalue weighted by atomic mass is 10.1. The minimum Gasteiger partial charge on any atom is -0.497 e. The van der Waals surface area contributed by atoms with Gasteiger partial charge in [0.1, 0.15) is 5.75 Å². The molecule has 4 heteroatoms. The monoisotopic (exact) mass is 301 g/mol. The lowest BCUT2D eigenvalue weighted by molar-refractivity contribution is 0.223. The Morgan fingerprint density at radius 1 is 1.32 bits per heavy atom. The van der Waals surface area contributed by atoms with Crippen LogP contribution in [0.2, 0.25) is 0 Å². The van der Waals surface area contributed by atoms with Crippen LogP contribution in [0.4, 0.5) is 5.69 Å². The van der Waals surface area contributed by atoms with Gasteiger partial charge in [0.15, 0.2) is 0 Å². The molecule has 0 fully saturated rings. The Morgan fingerprint density at radius 2 is 2.14 bits per heavy atom. The van der Waals surface area contributed by atoms with Crippen molar-refractivity contribution in [1.82, 2.24) is 9.88 Å². The van der Waals surface area contributed by atoms with Crippen LogP contribution >= 0.6 is 0 Å². The van der Waals surface area contributed by atoms with E-state index in [1.165, 1.54) is 6.42 Å². The first-order valence-corrected chi connectivity index (χ1v) is 8.10. The largest absolute Gasteiger partial charge is 0.497 e. The molecule has 22 heavy (non-hydrogen) atoms. The van der Waals surface area contributed by atoms with Gasteiger partial charge in [-0.15, -0.1) is 0 Å². The summed E-state index contributed by atoms with van der Waals surface area (Å²) in [6.45, 7) is 9.74. The van der Waals surface area contributed by atoms with Crippen molar-refractivity contribution in [2.24, 2.45) is 0 Å². The Balaban J connectivity index is 2.10. The van der Waals surface area contributed by atoms with Gasteiger partial charge in [-0.1, -0.05) is 19.9 Å². The number of ether oxygens (including phenoxy) is 1. The summed E-state index contributed by atoms with van der Waals surface area (Å²) in [6.07, 6.45) is 3.01. The lowest BCUT2D eigenvalue weighted by Crippen LogP contribution is -2.36. The first-order chi connectivity index (χ1) is 10.7. The maximum Gasteiger partial charge on any atom is 0.121 e. The van der Waals surface area contributed by atoms with Gasteiger partial charge in [-0.05, 0) is 32.0 Å². The molecule has 0 amide bonds. The van der Waals surface area contributed by atoms with Crippen molar-refractivity contribution < 1.29 is 4.74 Å². The van der Waals surface area contributed by atoms with Crippen LogP contribution in [0.15, 0.2) is 30.5 Å². The Kier molecular flexibility index (Phi) is 6.01. The summed E-state index contributed by atoms with van der Waals surface area (Å²) in [4.78, 5) is 6.98. The van der Waals surface area contributed by atoms with Gasteiger partial charge in [0, 0.05) is 36.8 Å². The summed E-state index contributed by atoms with van der Waals surface area (Å²) in [7, 11) is 1.70. The highest BCUT2D eigenvalue weighted by atomic mass is 16.5. The first kappa shape index (κ1) is 16.6. The summed E-state index contributed by atoms with van der Waals surface area (Å²) in [5, 5.41) is 4.62. The Hall–Kier alpha value is -1.81. The second-order valence-electron chi connectivity index (χ2n) is 5.56. The molecule has 1 heterocycles. The Labute approximate surface area is 133 Å². The Bertz CT molecular complexity index is 600. The number of hydrogen-bond donors (Lipinski definition) is 1. The average Bonchev–Trinajstić information content (AvgIpc) is 2.57. The smallest absolute Gasteiger partial charge is 0.121 e. The number of likely N-dealkylation sites (N-methyl/N-ethyl adjacent to an activating group) is 1. The summed E-state index contributed by atoms with van der Waals surface area (Å²) < 4.78 is 5.39. The van der Waals surface area contributed by atoms with Gasteiger partial charge in [0.05, 0.1) is 18.3 Å². The third-order valence-electron chi connectivity index (χ3n) is 4.25. The fourth-order valence-corrected chi connectivity index (χ4v) is 2.70. The highest BCUT2D eigenvalue weighted by molar-refractivity contribution is 5.91. The maximum absolute atomic E-state index is 5.39. The van der Waals surface area contributed by atoms with E-state index in [1.807, 2.05) is 24.4 Å². The van der Waals surface area contributed by atoms with Crippen molar-refractivity contribution >= 4 is 16.6 Å². The van der Waals surface area contributed by atoms with Crippen LogP contribution in [-0.2, 0) is 0 Å². The van der Waals surface area contributed by atoms with Gasteiger partial charge in [0.25, 0.3) is 0 Å². The van der Waals surface area contributed by atoms with E-state index in [2.05, 4.69) is 42.0 Å². The van der Waals surface area contributed by atoms with Crippen molar-refractivity contribution in [2.75, 3.05) is 32.1 Å². The molecule has 1 unspecified atom stereocenters. The van der Waals surface area contributed by atoms with E-state index < -0.39 is 0 Å². The fourth-order valence-electron chi connectivity index (χ4n) is 2.70. The summed E-state index contributed by atoms with van der Waals surface area (Å²) in [5.74, 6) is 0.859. The van der Waals surface area contributed by atoms with E-state index in [4.69, 9.17) is 4.74 Å². The molecule has 0 aliphatic rings. The molecule has 0 bridgehead atoms. The molecule has 0 radical (unpaired) electrons. The molecule has 0 saturated heterocycles. The van der Waals surface area contributed by atoms with Crippen molar-refractivity contribution in [2.45, 2.75) is 33.2 Å². The molecule has 1 N–H and O–H groups in total. The van der Waals surface area contributed by atoms with Crippen LogP contribution in [0.3, 0.4) is 0 Å². The number of anilines is 1. The van der Waals surface area contributed by atoms with E-state index >= 15 is 0 Å². The van der Waals surface area contributed by atoms with E-state index in [-0.39, 0.29) is 0 Å². The maximum atomic E-state index is 5.39. The summed E-state index contributed by atoms with van der Waals surface area (Å²) in [5.41, 5.74) is 2.03. The highest BCUT2D eigenvalue weighted by Gasteiger charge is 2.10. The van der Waals surface area contributed by atoms with Gasteiger partial charge in [-0.2, -0.15) is 0 Å². The van der Waals surface area contributed by atoms with Gasteiger partial charge in [0.2, 0.25) is 0 Å². The molecule has 0 saturated carbocycles. The average molecular weight is 301 g/mol. The molecule has 120 valence electrons. The minimum atomic E-state index is 0.618. The third-order valence-corrected chi connectivity index (χ3v) is 4.25. The number of hydrogen-bond acceptors (Lipinski definition) is 4. The molecule has 2 rings (SSSR count). The second kappa shape index (κ2) is 7.99. The van der Waals surface area contributed by atoms with Gasteiger partial charge < -0.3 is 10.1 Å². The SMILES string of the molecule is CCC(C)N(CC)CCNc1cc(OC)cc2cccnc12. The number of aromatic nitrogens is 1. The van der Waals surface area contributed by atoms with E-state index in [0.29, 0.717) is 6.04 Å². The van der Waals surface area contributed by atoms with E-state index in [0.717, 1.165) is 42.0 Å². The normalized spacial score (nSPS) is 12.6. The molecular weight excluding hydrogens is 274 g/mol. The predicted octanol–water partition coefficient (Wildman–Crippen LogP) is 3.78. The molecule has 1 aromatic carbocycles. The number of benzene rings is 1. The zero-order valence-corrected chi connectivity index (χ0v) is 14.1. The van der Waals surface area contributed by atoms with Crippen LogP contribution in [0.5, 0.6) is 5.75 Å². The molecule has 0 spiro atoms. The van der Waals surface area contributed by atoms with Crippen molar-refractivity contribution in [3.05, 3.63) is 30.5 Å². The molecule has 4 nitrogen and oxygen atoms in total. The summed E-state index contributed by atoms with van der Waals surface area (Å²) >= 11 is 0. The van der Waals surface area contributed by atoms with Gasteiger partial charge >= 0.3 is 0 Å². The van der Waals surface area contributed by atoms with Gasteiger partial charge in [-0.25, -0.2) is 0 Å². The third kappa shape index (κ3) is 3.89. The van der Waals surface area contributed by atoms with Crippen molar-refractivity contribution in [3.8, 4) is 5.75 Å². The van der Waals surface area contributed by atoms with E-state index in [9.17, 15) is 0 Å². The van der Waals surface area contributed by atoms with E-state index in [1.54, 1.807) is 7.11 Å². The van der Waals surface area contributed by atoms with Crippen molar-refractivity contribution in [3.63, 3.8) is 0 Å². The van der Waals surface area contributed by atoms with Crippen molar-refractivity contribution in [1.29, 1.82) is 0 Å². The Morgan fingerprint density at radius 3 is 2.82 bits per heavy atom. The highest BCUT2D eigenvalue weighted by Crippen LogP contribution is 2.27.